The summed E-state index contributed by atoms with van der Waals surface area (Å²) in [4.78, 5) is 0.268. The molecule has 1 aromatic carbocycles. The lowest BCUT2D eigenvalue weighted by molar-refractivity contribution is 0.339. The van der Waals surface area contributed by atoms with Crippen molar-refractivity contribution in [2.45, 2.75) is 43.4 Å². The standard InChI is InChI=1S/C15H22N2O2S2/c16-15(20)13-8-4-5-9-14(13)21(18,19)17-11-10-12-6-2-1-3-7-12/h4-5,8-9,12,17H,1-3,6-7,10-11H2,(H2,16,20). The van der Waals surface area contributed by atoms with Crippen LogP contribution in [0.3, 0.4) is 0 Å². The second kappa shape index (κ2) is 7.33. The average molecular weight is 326 g/mol. The van der Waals surface area contributed by atoms with E-state index in [1.165, 1.54) is 38.2 Å². The Morgan fingerprint density at radius 1 is 1.24 bits per heavy atom. The average Bonchev–Trinajstić information content (AvgIpc) is 2.48. The molecule has 0 aliphatic heterocycles. The van der Waals surface area contributed by atoms with Crippen molar-refractivity contribution in [1.29, 1.82) is 0 Å². The molecule has 1 aromatic rings. The third-order valence-corrected chi connectivity index (χ3v) is 5.75. The molecule has 0 bridgehead atoms. The maximum absolute atomic E-state index is 12.4. The molecule has 6 heteroatoms. The maximum Gasteiger partial charge on any atom is 0.241 e. The van der Waals surface area contributed by atoms with Gasteiger partial charge in [-0.15, -0.1) is 0 Å². The summed E-state index contributed by atoms with van der Waals surface area (Å²) < 4.78 is 27.4. The van der Waals surface area contributed by atoms with Crippen molar-refractivity contribution in [2.24, 2.45) is 11.7 Å². The van der Waals surface area contributed by atoms with Crippen molar-refractivity contribution < 1.29 is 8.42 Å². The lowest BCUT2D eigenvalue weighted by Crippen LogP contribution is -2.28. The molecule has 1 fully saturated rings. The monoisotopic (exact) mass is 326 g/mol. The van der Waals surface area contributed by atoms with Crippen LogP contribution in [-0.2, 0) is 10.0 Å². The molecule has 1 aliphatic rings. The molecule has 1 saturated carbocycles. The molecule has 0 unspecified atom stereocenters. The molecule has 3 N–H and O–H groups in total. The summed E-state index contributed by atoms with van der Waals surface area (Å²) in [6.45, 7) is 0.471. The molecule has 116 valence electrons. The van der Waals surface area contributed by atoms with Crippen LogP contribution in [0.4, 0.5) is 0 Å². The summed E-state index contributed by atoms with van der Waals surface area (Å²) in [6, 6.07) is 6.59. The number of nitrogens with two attached hydrogens (primary N) is 1. The molecular formula is C15H22N2O2S2. The van der Waals surface area contributed by atoms with Gasteiger partial charge >= 0.3 is 0 Å². The van der Waals surface area contributed by atoms with Crippen molar-refractivity contribution in [3.05, 3.63) is 29.8 Å². The fourth-order valence-electron chi connectivity index (χ4n) is 2.86. The Morgan fingerprint density at radius 2 is 1.90 bits per heavy atom. The molecule has 0 amide bonds. The third-order valence-electron chi connectivity index (χ3n) is 4.01. The van der Waals surface area contributed by atoms with Gasteiger partial charge in [0.2, 0.25) is 10.0 Å². The Kier molecular flexibility index (Phi) is 5.72. The highest BCUT2D eigenvalue weighted by molar-refractivity contribution is 7.89. The lowest BCUT2D eigenvalue weighted by Gasteiger charge is -2.21. The fraction of sp³-hybridized carbons (Fsp3) is 0.533. The van der Waals surface area contributed by atoms with Gasteiger partial charge in [0.05, 0.1) is 4.90 Å². The topological polar surface area (TPSA) is 72.2 Å². The number of hydrogen-bond acceptors (Lipinski definition) is 3. The first-order chi connectivity index (χ1) is 10.0. The second-order valence-corrected chi connectivity index (χ2v) is 7.73. The van der Waals surface area contributed by atoms with Gasteiger partial charge in [-0.05, 0) is 18.4 Å². The number of nitrogens with one attached hydrogen (secondary N) is 1. The van der Waals surface area contributed by atoms with E-state index >= 15 is 0 Å². The number of thiocarbonyl (C=S) groups is 1. The van der Waals surface area contributed by atoms with Gasteiger partial charge in [0.1, 0.15) is 4.99 Å². The molecule has 0 saturated heterocycles. The number of hydrogen-bond donors (Lipinski definition) is 2. The number of sulfonamides is 1. The first kappa shape index (κ1) is 16.4. The van der Waals surface area contributed by atoms with E-state index in [1.807, 2.05) is 0 Å². The fourth-order valence-corrected chi connectivity index (χ4v) is 4.37. The Balaban J connectivity index is 2.00. The molecule has 2 rings (SSSR count). The normalized spacial score (nSPS) is 16.8. The van der Waals surface area contributed by atoms with Gasteiger partial charge in [-0.1, -0.05) is 62.5 Å². The largest absolute Gasteiger partial charge is 0.389 e. The van der Waals surface area contributed by atoms with Crippen LogP contribution in [0, 0.1) is 5.92 Å². The lowest BCUT2D eigenvalue weighted by atomic mass is 9.87. The Morgan fingerprint density at radius 3 is 2.57 bits per heavy atom. The van der Waals surface area contributed by atoms with Gasteiger partial charge < -0.3 is 5.73 Å². The second-order valence-electron chi connectivity index (χ2n) is 5.55. The highest BCUT2D eigenvalue weighted by Gasteiger charge is 2.20. The summed E-state index contributed by atoms with van der Waals surface area (Å²) in [5, 5.41) is 0. The van der Waals surface area contributed by atoms with Crippen molar-refractivity contribution in [3.8, 4) is 0 Å². The summed E-state index contributed by atoms with van der Waals surface area (Å²) in [5.74, 6) is 0.646. The van der Waals surface area contributed by atoms with Crippen molar-refractivity contribution in [3.63, 3.8) is 0 Å². The summed E-state index contributed by atoms with van der Waals surface area (Å²) in [6.07, 6.45) is 7.16. The van der Waals surface area contributed by atoms with E-state index in [2.05, 4.69) is 4.72 Å². The predicted molar refractivity (Wildman–Crippen MR) is 88.7 cm³/mol. The van der Waals surface area contributed by atoms with Crippen molar-refractivity contribution >= 4 is 27.2 Å². The Hall–Kier alpha value is -0.980. The molecule has 0 spiro atoms. The minimum Gasteiger partial charge on any atom is -0.389 e. The minimum atomic E-state index is -3.55. The van der Waals surface area contributed by atoms with Gasteiger partial charge in [0, 0.05) is 12.1 Å². The Labute approximate surface area is 132 Å². The minimum absolute atomic E-state index is 0.100. The van der Waals surface area contributed by atoms with E-state index < -0.39 is 10.0 Å². The first-order valence-corrected chi connectivity index (χ1v) is 9.28. The molecule has 0 atom stereocenters. The highest BCUT2D eigenvalue weighted by atomic mass is 32.2. The van der Waals surface area contributed by atoms with E-state index in [0.29, 0.717) is 18.0 Å². The van der Waals surface area contributed by atoms with Gasteiger partial charge in [-0.3, -0.25) is 0 Å². The SMILES string of the molecule is NC(=S)c1ccccc1S(=O)(=O)NCCC1CCCCC1. The van der Waals surface area contributed by atoms with Gasteiger partial charge in [-0.25, -0.2) is 13.1 Å². The third kappa shape index (κ3) is 4.49. The molecule has 4 nitrogen and oxygen atoms in total. The van der Waals surface area contributed by atoms with Crippen LogP contribution in [0.25, 0.3) is 0 Å². The summed E-state index contributed by atoms with van der Waals surface area (Å²) in [5.41, 5.74) is 6.00. The van der Waals surface area contributed by atoms with Crippen molar-refractivity contribution in [1.82, 2.24) is 4.72 Å². The zero-order valence-electron chi connectivity index (χ0n) is 12.0. The highest BCUT2D eigenvalue weighted by Crippen LogP contribution is 2.26. The number of rotatable bonds is 6. The quantitative estimate of drug-likeness (QED) is 0.788. The zero-order valence-corrected chi connectivity index (χ0v) is 13.7. The molecular weight excluding hydrogens is 304 g/mol. The molecule has 0 heterocycles. The van der Waals surface area contributed by atoms with Crippen LogP contribution in [-0.4, -0.2) is 20.0 Å². The van der Waals surface area contributed by atoms with Crippen LogP contribution < -0.4 is 10.5 Å². The predicted octanol–water partition coefficient (Wildman–Crippen LogP) is 2.57. The van der Waals surface area contributed by atoms with Crippen LogP contribution in [0.2, 0.25) is 0 Å². The van der Waals surface area contributed by atoms with Gasteiger partial charge in [0.25, 0.3) is 0 Å². The molecule has 21 heavy (non-hydrogen) atoms. The number of benzene rings is 1. The molecule has 1 aliphatic carbocycles. The van der Waals surface area contributed by atoms with E-state index in [9.17, 15) is 8.42 Å². The molecule has 0 radical (unpaired) electrons. The van der Waals surface area contributed by atoms with E-state index in [1.54, 1.807) is 18.2 Å². The van der Waals surface area contributed by atoms with Crippen LogP contribution in [0.1, 0.15) is 44.1 Å². The van der Waals surface area contributed by atoms with Crippen molar-refractivity contribution in [2.75, 3.05) is 6.54 Å². The smallest absolute Gasteiger partial charge is 0.241 e. The zero-order chi connectivity index (χ0) is 15.3. The first-order valence-electron chi connectivity index (χ1n) is 7.39. The van der Waals surface area contributed by atoms with Crippen LogP contribution in [0.15, 0.2) is 29.2 Å². The summed E-state index contributed by atoms with van der Waals surface area (Å²) in [7, 11) is -3.55. The molecule has 0 aromatic heterocycles. The van der Waals surface area contributed by atoms with Crippen LogP contribution >= 0.6 is 12.2 Å². The van der Waals surface area contributed by atoms with Crippen LogP contribution in [0.5, 0.6) is 0 Å². The van der Waals surface area contributed by atoms with E-state index in [-0.39, 0.29) is 9.88 Å². The summed E-state index contributed by atoms with van der Waals surface area (Å²) >= 11 is 4.92. The van der Waals surface area contributed by atoms with Gasteiger partial charge in [-0.2, -0.15) is 0 Å². The van der Waals surface area contributed by atoms with E-state index in [4.69, 9.17) is 18.0 Å². The van der Waals surface area contributed by atoms with E-state index in [0.717, 1.165) is 6.42 Å². The maximum atomic E-state index is 12.4. The van der Waals surface area contributed by atoms with Gasteiger partial charge in [0.15, 0.2) is 0 Å². The Bertz CT molecular complexity index is 593.